The Hall–Kier alpha value is -0.670. The van der Waals surface area contributed by atoms with Crippen LogP contribution < -0.4 is 10.5 Å². The molecule has 0 aromatic heterocycles. The van der Waals surface area contributed by atoms with Crippen molar-refractivity contribution >= 4 is 11.8 Å². The van der Waals surface area contributed by atoms with E-state index in [0.717, 1.165) is 23.8 Å². The summed E-state index contributed by atoms with van der Waals surface area (Å²) in [6.07, 6.45) is 5.53. The quantitative estimate of drug-likeness (QED) is 0.907. The van der Waals surface area contributed by atoms with Crippen molar-refractivity contribution in [2.45, 2.75) is 37.2 Å². The van der Waals surface area contributed by atoms with Crippen LogP contribution in [0.15, 0.2) is 24.3 Å². The van der Waals surface area contributed by atoms with E-state index in [2.05, 4.69) is 24.3 Å². The molecule has 2 nitrogen and oxygen atoms in total. The third-order valence-electron chi connectivity index (χ3n) is 4.33. The first-order chi connectivity index (χ1) is 8.82. The molecule has 0 bridgehead atoms. The van der Waals surface area contributed by atoms with Crippen LogP contribution in [0.5, 0.6) is 5.75 Å². The maximum atomic E-state index is 6.02. The van der Waals surface area contributed by atoms with Gasteiger partial charge in [-0.1, -0.05) is 25.0 Å². The Bertz CT molecular complexity index is 393. The van der Waals surface area contributed by atoms with Gasteiger partial charge >= 0.3 is 0 Å². The third-order valence-corrected chi connectivity index (χ3v) is 5.54. The summed E-state index contributed by atoms with van der Waals surface area (Å²) in [5, 5.41) is 0. The monoisotopic (exact) mass is 263 g/mol. The van der Waals surface area contributed by atoms with Gasteiger partial charge in [-0.3, -0.25) is 0 Å². The van der Waals surface area contributed by atoms with Crippen molar-refractivity contribution in [3.05, 3.63) is 29.8 Å². The zero-order valence-corrected chi connectivity index (χ0v) is 11.5. The molecule has 1 aliphatic carbocycles. The van der Waals surface area contributed by atoms with E-state index in [-0.39, 0.29) is 5.41 Å². The van der Waals surface area contributed by atoms with E-state index in [1.807, 2.05) is 11.8 Å². The molecule has 2 fully saturated rings. The Morgan fingerprint density at radius 3 is 2.33 bits per heavy atom. The van der Waals surface area contributed by atoms with Gasteiger partial charge in [0, 0.05) is 23.5 Å². The molecule has 3 heteroatoms. The average molecular weight is 263 g/mol. The molecule has 0 amide bonds. The summed E-state index contributed by atoms with van der Waals surface area (Å²) in [7, 11) is 0. The van der Waals surface area contributed by atoms with Crippen molar-refractivity contribution in [1.82, 2.24) is 0 Å². The smallest absolute Gasteiger partial charge is 0.119 e. The van der Waals surface area contributed by atoms with Gasteiger partial charge in [-0.15, -0.1) is 0 Å². The first-order valence-electron chi connectivity index (χ1n) is 6.87. The van der Waals surface area contributed by atoms with Crippen LogP contribution in [0.1, 0.15) is 31.2 Å². The molecule has 0 radical (unpaired) electrons. The van der Waals surface area contributed by atoms with Crippen molar-refractivity contribution in [3.63, 3.8) is 0 Å². The lowest BCUT2D eigenvalue weighted by molar-refractivity contribution is 0.240. The average Bonchev–Trinajstić information content (AvgIpc) is 2.84. The van der Waals surface area contributed by atoms with Crippen molar-refractivity contribution < 1.29 is 4.74 Å². The van der Waals surface area contributed by atoms with E-state index in [1.165, 1.54) is 31.2 Å². The number of rotatable bonds is 4. The second-order valence-electron chi connectivity index (χ2n) is 5.49. The molecule has 3 rings (SSSR count). The predicted octanol–water partition coefficient (Wildman–Crippen LogP) is 2.95. The molecule has 0 unspecified atom stereocenters. The second kappa shape index (κ2) is 5.14. The molecule has 1 saturated carbocycles. The van der Waals surface area contributed by atoms with Gasteiger partial charge in [0.25, 0.3) is 0 Å². The van der Waals surface area contributed by atoms with Gasteiger partial charge in [0.1, 0.15) is 11.9 Å². The zero-order valence-electron chi connectivity index (χ0n) is 10.7. The number of ether oxygens (including phenoxy) is 1. The predicted molar refractivity (Wildman–Crippen MR) is 77.4 cm³/mol. The van der Waals surface area contributed by atoms with Crippen molar-refractivity contribution in [2.75, 3.05) is 18.1 Å². The fourth-order valence-corrected chi connectivity index (χ4v) is 3.59. The van der Waals surface area contributed by atoms with E-state index in [1.54, 1.807) is 0 Å². The highest BCUT2D eigenvalue weighted by molar-refractivity contribution is 8.00. The molecule has 1 saturated heterocycles. The minimum atomic E-state index is 0.241. The lowest BCUT2D eigenvalue weighted by Gasteiger charge is -2.29. The number of hydrogen-bond donors (Lipinski definition) is 1. The first kappa shape index (κ1) is 12.4. The maximum absolute atomic E-state index is 6.02. The molecule has 18 heavy (non-hydrogen) atoms. The van der Waals surface area contributed by atoms with Gasteiger partial charge in [-0.05, 0) is 30.5 Å². The fraction of sp³-hybridized carbons (Fsp3) is 0.600. The highest BCUT2D eigenvalue weighted by Gasteiger charge is 2.34. The van der Waals surface area contributed by atoms with E-state index in [0.29, 0.717) is 6.10 Å². The fourth-order valence-electron chi connectivity index (χ4n) is 3.02. The van der Waals surface area contributed by atoms with Crippen LogP contribution in [0.25, 0.3) is 0 Å². The molecule has 1 aromatic rings. The Morgan fingerprint density at radius 1 is 1.17 bits per heavy atom. The van der Waals surface area contributed by atoms with Crippen LogP contribution in [-0.2, 0) is 5.41 Å². The summed E-state index contributed by atoms with van der Waals surface area (Å²) in [6, 6.07) is 8.68. The van der Waals surface area contributed by atoms with Crippen LogP contribution in [0, 0.1) is 0 Å². The Morgan fingerprint density at radius 2 is 1.83 bits per heavy atom. The Kier molecular flexibility index (Phi) is 3.53. The van der Waals surface area contributed by atoms with E-state index < -0.39 is 0 Å². The van der Waals surface area contributed by atoms with E-state index in [4.69, 9.17) is 10.5 Å². The Labute approximate surface area is 113 Å². The maximum Gasteiger partial charge on any atom is 0.119 e. The van der Waals surface area contributed by atoms with Gasteiger partial charge in [-0.2, -0.15) is 11.8 Å². The second-order valence-corrected chi connectivity index (χ2v) is 6.57. The van der Waals surface area contributed by atoms with Gasteiger partial charge in [0.05, 0.1) is 0 Å². The minimum Gasteiger partial charge on any atom is -0.489 e. The van der Waals surface area contributed by atoms with Crippen LogP contribution in [0.4, 0.5) is 0 Å². The first-order valence-corrected chi connectivity index (χ1v) is 8.03. The van der Waals surface area contributed by atoms with Gasteiger partial charge in [0.2, 0.25) is 0 Å². The number of hydrogen-bond acceptors (Lipinski definition) is 3. The lowest BCUT2D eigenvalue weighted by Crippen LogP contribution is -2.32. The molecule has 1 aliphatic heterocycles. The van der Waals surface area contributed by atoms with Crippen LogP contribution in [0.2, 0.25) is 0 Å². The largest absolute Gasteiger partial charge is 0.489 e. The van der Waals surface area contributed by atoms with Gasteiger partial charge < -0.3 is 10.5 Å². The van der Waals surface area contributed by atoms with Crippen molar-refractivity contribution in [3.8, 4) is 5.75 Å². The topological polar surface area (TPSA) is 35.2 Å². The lowest BCUT2D eigenvalue weighted by atomic mass is 9.79. The standard InChI is InChI=1S/C15H21NOS/c16-11-15(7-1-2-8-15)12-3-5-13(6-4-12)17-14-9-18-10-14/h3-6,14H,1-2,7-11,16H2. The molecule has 2 N–H and O–H groups in total. The zero-order chi connectivity index (χ0) is 12.4. The van der Waals surface area contributed by atoms with Crippen LogP contribution >= 0.6 is 11.8 Å². The summed E-state index contributed by atoms with van der Waals surface area (Å²) in [4.78, 5) is 0. The third kappa shape index (κ3) is 2.26. The summed E-state index contributed by atoms with van der Waals surface area (Å²) >= 11 is 1.95. The molecule has 0 spiro atoms. The number of nitrogens with two attached hydrogens (primary N) is 1. The van der Waals surface area contributed by atoms with Gasteiger partial charge in [0.15, 0.2) is 0 Å². The Balaban J connectivity index is 1.73. The molecular weight excluding hydrogens is 242 g/mol. The highest BCUT2D eigenvalue weighted by Crippen LogP contribution is 2.40. The van der Waals surface area contributed by atoms with E-state index >= 15 is 0 Å². The van der Waals surface area contributed by atoms with Crippen molar-refractivity contribution in [2.24, 2.45) is 5.73 Å². The van der Waals surface area contributed by atoms with E-state index in [9.17, 15) is 0 Å². The number of thioether (sulfide) groups is 1. The summed E-state index contributed by atoms with van der Waals surface area (Å²) in [6.45, 7) is 0.770. The summed E-state index contributed by atoms with van der Waals surface area (Å²) in [5.74, 6) is 3.28. The molecule has 1 aromatic carbocycles. The highest BCUT2D eigenvalue weighted by atomic mass is 32.2. The molecule has 2 aliphatic rings. The molecule has 98 valence electrons. The van der Waals surface area contributed by atoms with Crippen molar-refractivity contribution in [1.29, 1.82) is 0 Å². The minimum absolute atomic E-state index is 0.241. The van der Waals surface area contributed by atoms with Crippen LogP contribution in [-0.4, -0.2) is 24.2 Å². The summed E-state index contributed by atoms with van der Waals surface area (Å²) < 4.78 is 5.88. The van der Waals surface area contributed by atoms with Gasteiger partial charge in [-0.25, -0.2) is 0 Å². The van der Waals surface area contributed by atoms with Crippen LogP contribution in [0.3, 0.4) is 0 Å². The molecule has 1 heterocycles. The normalized spacial score (nSPS) is 22.7. The molecular formula is C15H21NOS. The summed E-state index contributed by atoms with van der Waals surface area (Å²) in [5.41, 5.74) is 7.66. The molecule has 0 atom stereocenters. The number of benzene rings is 1. The SMILES string of the molecule is NCC1(c2ccc(OC3CSC3)cc2)CCCC1.